The first-order chi connectivity index (χ1) is 7.26. The Morgan fingerprint density at radius 2 is 2.07 bits per heavy atom. The van der Waals surface area contributed by atoms with Crippen molar-refractivity contribution in [3.05, 3.63) is 35.9 Å². The van der Waals surface area contributed by atoms with Crippen LogP contribution < -0.4 is 4.74 Å². The Morgan fingerprint density at radius 1 is 1.40 bits per heavy atom. The normalized spacial score (nSPS) is 10.3. The van der Waals surface area contributed by atoms with Crippen molar-refractivity contribution < 1.29 is 19.4 Å². The van der Waals surface area contributed by atoms with Crippen LogP contribution in [0.25, 0.3) is 6.08 Å². The number of methoxy groups -OCH3 is 1. The van der Waals surface area contributed by atoms with Gasteiger partial charge in [0.15, 0.2) is 6.79 Å². The van der Waals surface area contributed by atoms with E-state index in [1.54, 1.807) is 30.3 Å². The molecule has 0 heterocycles. The van der Waals surface area contributed by atoms with Gasteiger partial charge in [-0.05, 0) is 23.8 Å². The number of aliphatic hydroxyl groups is 1. The van der Waals surface area contributed by atoms with Crippen LogP contribution >= 0.6 is 0 Å². The van der Waals surface area contributed by atoms with E-state index >= 15 is 0 Å². The second-order valence-corrected chi connectivity index (χ2v) is 2.70. The van der Waals surface area contributed by atoms with Gasteiger partial charge in [0.25, 0.3) is 0 Å². The van der Waals surface area contributed by atoms with Gasteiger partial charge in [0.1, 0.15) is 5.75 Å². The number of rotatable bonds is 4. The van der Waals surface area contributed by atoms with E-state index in [-0.39, 0.29) is 6.79 Å². The van der Waals surface area contributed by atoms with Crippen LogP contribution in [-0.2, 0) is 9.53 Å². The SMILES string of the molecule is COC(=O)/C=C/c1ccc(OCO)cc1. The maximum atomic E-state index is 10.8. The van der Waals surface area contributed by atoms with E-state index in [0.29, 0.717) is 5.75 Å². The fourth-order valence-electron chi connectivity index (χ4n) is 0.982. The molecule has 4 heteroatoms. The number of ether oxygens (including phenoxy) is 2. The zero-order valence-electron chi connectivity index (χ0n) is 8.34. The Bertz CT molecular complexity index is 340. The van der Waals surface area contributed by atoms with E-state index in [2.05, 4.69) is 4.74 Å². The Labute approximate surface area is 87.7 Å². The predicted octanol–water partition coefficient (Wildman–Crippen LogP) is 1.20. The molecule has 0 atom stereocenters. The average molecular weight is 208 g/mol. The summed E-state index contributed by atoms with van der Waals surface area (Å²) in [7, 11) is 1.32. The summed E-state index contributed by atoms with van der Waals surface area (Å²) in [6.45, 7) is -0.350. The molecular formula is C11H12O4. The molecule has 1 N–H and O–H groups in total. The van der Waals surface area contributed by atoms with Crippen LogP contribution in [0.2, 0.25) is 0 Å². The van der Waals surface area contributed by atoms with Crippen molar-refractivity contribution in [2.45, 2.75) is 0 Å². The van der Waals surface area contributed by atoms with Gasteiger partial charge in [0.2, 0.25) is 0 Å². The highest BCUT2D eigenvalue weighted by Gasteiger charge is 1.93. The van der Waals surface area contributed by atoms with Crippen LogP contribution in [-0.4, -0.2) is 25.0 Å². The second-order valence-electron chi connectivity index (χ2n) is 2.70. The van der Waals surface area contributed by atoms with Crippen LogP contribution in [0.4, 0.5) is 0 Å². The second kappa shape index (κ2) is 5.82. The quantitative estimate of drug-likeness (QED) is 0.459. The third kappa shape index (κ3) is 3.83. The summed E-state index contributed by atoms with van der Waals surface area (Å²) in [5, 5.41) is 8.50. The summed E-state index contributed by atoms with van der Waals surface area (Å²) in [5.41, 5.74) is 0.852. The third-order valence-corrected chi connectivity index (χ3v) is 1.72. The molecular weight excluding hydrogens is 196 g/mol. The van der Waals surface area contributed by atoms with Gasteiger partial charge in [-0.3, -0.25) is 0 Å². The van der Waals surface area contributed by atoms with E-state index in [9.17, 15) is 4.79 Å². The molecule has 0 bridgehead atoms. The molecule has 0 aromatic heterocycles. The standard InChI is InChI=1S/C11H12O4/c1-14-11(13)7-4-9-2-5-10(6-3-9)15-8-12/h2-7,12H,8H2,1H3/b7-4+. The van der Waals surface area contributed by atoms with Crippen LogP contribution in [0.5, 0.6) is 5.75 Å². The fourth-order valence-corrected chi connectivity index (χ4v) is 0.982. The van der Waals surface area contributed by atoms with E-state index in [4.69, 9.17) is 9.84 Å². The smallest absolute Gasteiger partial charge is 0.330 e. The van der Waals surface area contributed by atoms with Crippen molar-refractivity contribution >= 4 is 12.0 Å². The molecule has 1 aromatic rings. The summed E-state index contributed by atoms with van der Waals surface area (Å²) in [6, 6.07) is 6.94. The van der Waals surface area contributed by atoms with Crippen LogP contribution in [0, 0.1) is 0 Å². The highest BCUT2D eigenvalue weighted by molar-refractivity contribution is 5.86. The number of hydrogen-bond acceptors (Lipinski definition) is 4. The molecule has 0 radical (unpaired) electrons. The molecule has 0 spiro atoms. The lowest BCUT2D eigenvalue weighted by Crippen LogP contribution is -1.94. The first-order valence-electron chi connectivity index (χ1n) is 4.36. The molecule has 0 aliphatic heterocycles. The van der Waals surface area contributed by atoms with Gasteiger partial charge in [-0.2, -0.15) is 0 Å². The van der Waals surface area contributed by atoms with Crippen molar-refractivity contribution in [1.82, 2.24) is 0 Å². The van der Waals surface area contributed by atoms with E-state index in [0.717, 1.165) is 5.56 Å². The third-order valence-electron chi connectivity index (χ3n) is 1.72. The maximum absolute atomic E-state index is 10.8. The summed E-state index contributed by atoms with van der Waals surface area (Å²) in [5.74, 6) is 0.179. The summed E-state index contributed by atoms with van der Waals surface area (Å²) < 4.78 is 9.30. The molecule has 0 amide bonds. The number of carbonyl (C=O) groups is 1. The van der Waals surface area contributed by atoms with Gasteiger partial charge in [-0.1, -0.05) is 12.1 Å². The van der Waals surface area contributed by atoms with Crippen molar-refractivity contribution in [2.75, 3.05) is 13.9 Å². The molecule has 4 nitrogen and oxygen atoms in total. The Hall–Kier alpha value is -1.81. The molecule has 80 valence electrons. The zero-order valence-corrected chi connectivity index (χ0v) is 8.34. The molecule has 15 heavy (non-hydrogen) atoms. The Morgan fingerprint density at radius 3 is 2.60 bits per heavy atom. The van der Waals surface area contributed by atoms with Gasteiger partial charge in [0.05, 0.1) is 7.11 Å². The van der Waals surface area contributed by atoms with Gasteiger partial charge < -0.3 is 14.6 Å². The Kier molecular flexibility index (Phi) is 4.37. The summed E-state index contributed by atoms with van der Waals surface area (Å²) in [4.78, 5) is 10.8. The molecule has 0 aliphatic rings. The van der Waals surface area contributed by atoms with Crippen LogP contribution in [0.3, 0.4) is 0 Å². The first-order valence-corrected chi connectivity index (χ1v) is 4.36. The minimum Gasteiger partial charge on any atom is -0.468 e. The van der Waals surface area contributed by atoms with Gasteiger partial charge in [-0.15, -0.1) is 0 Å². The highest BCUT2D eigenvalue weighted by atomic mass is 16.6. The van der Waals surface area contributed by atoms with Gasteiger partial charge >= 0.3 is 5.97 Å². The van der Waals surface area contributed by atoms with E-state index < -0.39 is 5.97 Å². The van der Waals surface area contributed by atoms with Crippen molar-refractivity contribution in [1.29, 1.82) is 0 Å². The number of aliphatic hydroxyl groups excluding tert-OH is 1. The molecule has 1 aromatic carbocycles. The molecule has 0 aliphatic carbocycles. The van der Waals surface area contributed by atoms with Gasteiger partial charge in [0, 0.05) is 6.08 Å². The summed E-state index contributed by atoms with van der Waals surface area (Å²) >= 11 is 0. The largest absolute Gasteiger partial charge is 0.468 e. The predicted molar refractivity (Wildman–Crippen MR) is 55.2 cm³/mol. The molecule has 0 fully saturated rings. The van der Waals surface area contributed by atoms with Crippen molar-refractivity contribution in [2.24, 2.45) is 0 Å². The molecule has 0 saturated heterocycles. The maximum Gasteiger partial charge on any atom is 0.330 e. The molecule has 1 rings (SSSR count). The lowest BCUT2D eigenvalue weighted by atomic mass is 10.2. The minimum atomic E-state index is -0.398. The first kappa shape index (κ1) is 11.3. The van der Waals surface area contributed by atoms with Crippen LogP contribution in [0.15, 0.2) is 30.3 Å². The number of carbonyl (C=O) groups excluding carboxylic acids is 1. The minimum absolute atomic E-state index is 0.350. The lowest BCUT2D eigenvalue weighted by Gasteiger charge is -2.01. The zero-order chi connectivity index (χ0) is 11.1. The topological polar surface area (TPSA) is 55.8 Å². The average Bonchev–Trinajstić information content (AvgIpc) is 2.28. The van der Waals surface area contributed by atoms with Crippen molar-refractivity contribution in [3.8, 4) is 5.75 Å². The number of esters is 1. The van der Waals surface area contributed by atoms with E-state index in [1.165, 1.54) is 13.2 Å². The highest BCUT2D eigenvalue weighted by Crippen LogP contribution is 2.12. The van der Waals surface area contributed by atoms with E-state index in [1.807, 2.05) is 0 Å². The number of benzene rings is 1. The van der Waals surface area contributed by atoms with Crippen LogP contribution in [0.1, 0.15) is 5.56 Å². The monoisotopic (exact) mass is 208 g/mol. The van der Waals surface area contributed by atoms with Gasteiger partial charge in [-0.25, -0.2) is 4.79 Å². The number of hydrogen-bond donors (Lipinski definition) is 1. The van der Waals surface area contributed by atoms with Crippen molar-refractivity contribution in [3.63, 3.8) is 0 Å². The molecule has 0 unspecified atom stereocenters. The lowest BCUT2D eigenvalue weighted by molar-refractivity contribution is -0.134. The molecule has 0 saturated carbocycles. The summed E-state index contributed by atoms with van der Waals surface area (Å²) in [6.07, 6.45) is 2.97. The Balaban J connectivity index is 2.64. The fraction of sp³-hybridized carbons (Fsp3) is 0.182.